The van der Waals surface area contributed by atoms with Crippen LogP contribution in [0.3, 0.4) is 0 Å². The molecule has 1 fully saturated rings. The number of hydrogen-bond acceptors (Lipinski definition) is 4. The lowest BCUT2D eigenvalue weighted by atomic mass is 10.3. The van der Waals surface area contributed by atoms with E-state index in [4.69, 9.17) is 33.2 Å². The van der Waals surface area contributed by atoms with Gasteiger partial charge in [-0.1, -0.05) is 29.3 Å². The Balaban J connectivity index is 1.69. The molecule has 0 radical (unpaired) electrons. The molecule has 4 nitrogen and oxygen atoms in total. The highest BCUT2D eigenvalue weighted by Gasteiger charge is 2.25. The Hall–Kier alpha value is -1.96. The fourth-order valence-electron chi connectivity index (χ4n) is 2.45. The number of aromatic nitrogens is 1. The first-order valence-electron chi connectivity index (χ1n) is 6.89. The molecule has 0 amide bonds. The Labute approximate surface area is 138 Å². The van der Waals surface area contributed by atoms with Crippen molar-refractivity contribution in [3.63, 3.8) is 0 Å². The van der Waals surface area contributed by atoms with Gasteiger partial charge in [0.15, 0.2) is 5.69 Å². The van der Waals surface area contributed by atoms with E-state index in [1.807, 2.05) is 30.3 Å². The fraction of sp³-hybridized carbons (Fsp3) is 0.250. The first kappa shape index (κ1) is 15.0. The minimum atomic E-state index is 0.0708. The normalized spacial score (nSPS) is 17.3. The second-order valence-electron chi connectivity index (χ2n) is 5.04. The molecule has 0 bridgehead atoms. The summed E-state index contributed by atoms with van der Waals surface area (Å²) in [6, 6.07) is 12.9. The van der Waals surface area contributed by atoms with Gasteiger partial charge in [0.1, 0.15) is 23.7 Å². The predicted molar refractivity (Wildman–Crippen MR) is 86.7 cm³/mol. The van der Waals surface area contributed by atoms with Crippen LogP contribution in [0.1, 0.15) is 12.1 Å². The van der Waals surface area contributed by atoms with E-state index in [2.05, 4.69) is 9.88 Å². The molecule has 22 heavy (non-hydrogen) atoms. The summed E-state index contributed by atoms with van der Waals surface area (Å²) >= 11 is 11.9. The number of nitrogens with zero attached hydrogens (tertiary/aromatic N) is 3. The summed E-state index contributed by atoms with van der Waals surface area (Å²) in [5, 5.41) is 10.0. The van der Waals surface area contributed by atoms with Gasteiger partial charge in [-0.2, -0.15) is 5.26 Å². The Morgan fingerprint density at radius 1 is 1.27 bits per heavy atom. The van der Waals surface area contributed by atoms with E-state index in [1.165, 1.54) is 0 Å². The summed E-state index contributed by atoms with van der Waals surface area (Å²) in [6.07, 6.45) is 0.958. The van der Waals surface area contributed by atoms with Crippen molar-refractivity contribution < 1.29 is 4.74 Å². The fourth-order valence-corrected chi connectivity index (χ4v) is 2.78. The van der Waals surface area contributed by atoms with Crippen molar-refractivity contribution >= 4 is 29.0 Å². The predicted octanol–water partition coefficient (Wildman–Crippen LogP) is 3.92. The van der Waals surface area contributed by atoms with Gasteiger partial charge >= 0.3 is 0 Å². The highest BCUT2D eigenvalue weighted by atomic mass is 35.5. The molecule has 2 heterocycles. The molecule has 0 aliphatic carbocycles. The highest BCUT2D eigenvalue weighted by Crippen LogP contribution is 2.25. The number of anilines is 1. The van der Waals surface area contributed by atoms with Crippen molar-refractivity contribution in [3.8, 4) is 11.8 Å². The van der Waals surface area contributed by atoms with Gasteiger partial charge in [0.2, 0.25) is 0 Å². The SMILES string of the molecule is N#Cc1nc(N2CCC(Oc3cccc(Cl)c3)C2)ccc1Cl. The van der Waals surface area contributed by atoms with Crippen LogP contribution in [0.4, 0.5) is 5.82 Å². The summed E-state index contributed by atoms with van der Waals surface area (Å²) in [5.41, 5.74) is 0.248. The molecule has 6 heteroatoms. The highest BCUT2D eigenvalue weighted by molar-refractivity contribution is 6.31. The molecule has 0 saturated carbocycles. The Kier molecular flexibility index (Phi) is 4.37. The van der Waals surface area contributed by atoms with Crippen LogP contribution in [-0.4, -0.2) is 24.2 Å². The van der Waals surface area contributed by atoms with E-state index < -0.39 is 0 Å². The smallest absolute Gasteiger partial charge is 0.161 e. The van der Waals surface area contributed by atoms with E-state index in [1.54, 1.807) is 12.1 Å². The molecule has 1 saturated heterocycles. The van der Waals surface area contributed by atoms with E-state index in [0.29, 0.717) is 16.6 Å². The molecular formula is C16H13Cl2N3O. The van der Waals surface area contributed by atoms with Gasteiger partial charge in [-0.25, -0.2) is 4.98 Å². The van der Waals surface area contributed by atoms with Crippen LogP contribution in [0, 0.1) is 11.3 Å². The second kappa shape index (κ2) is 6.43. The zero-order valence-corrected chi connectivity index (χ0v) is 13.2. The number of rotatable bonds is 3. The monoisotopic (exact) mass is 333 g/mol. The van der Waals surface area contributed by atoms with Crippen molar-refractivity contribution in [1.82, 2.24) is 4.98 Å². The summed E-state index contributed by atoms with van der Waals surface area (Å²) in [4.78, 5) is 6.37. The minimum absolute atomic E-state index is 0.0708. The number of pyridine rings is 1. The molecule has 0 spiro atoms. The zero-order chi connectivity index (χ0) is 15.5. The van der Waals surface area contributed by atoms with Crippen LogP contribution in [-0.2, 0) is 0 Å². The third-order valence-corrected chi connectivity index (χ3v) is 4.05. The Morgan fingerprint density at radius 3 is 2.91 bits per heavy atom. The molecule has 112 valence electrons. The van der Waals surface area contributed by atoms with Crippen LogP contribution in [0.5, 0.6) is 5.75 Å². The first-order chi connectivity index (χ1) is 10.7. The number of halogens is 2. The second-order valence-corrected chi connectivity index (χ2v) is 5.89. The lowest BCUT2D eigenvalue weighted by Crippen LogP contribution is -2.25. The topological polar surface area (TPSA) is 49.2 Å². The van der Waals surface area contributed by atoms with Crippen molar-refractivity contribution in [2.75, 3.05) is 18.0 Å². The van der Waals surface area contributed by atoms with E-state index in [-0.39, 0.29) is 11.8 Å². The van der Waals surface area contributed by atoms with Crippen molar-refractivity contribution in [2.45, 2.75) is 12.5 Å². The number of nitriles is 1. The molecule has 0 N–H and O–H groups in total. The van der Waals surface area contributed by atoms with Gasteiger partial charge in [0.05, 0.1) is 11.6 Å². The maximum Gasteiger partial charge on any atom is 0.161 e. The van der Waals surface area contributed by atoms with Gasteiger partial charge < -0.3 is 9.64 Å². The molecule has 3 rings (SSSR count). The van der Waals surface area contributed by atoms with Gasteiger partial charge in [0.25, 0.3) is 0 Å². The van der Waals surface area contributed by atoms with Crippen molar-refractivity contribution in [1.29, 1.82) is 5.26 Å². The summed E-state index contributed by atoms with van der Waals surface area (Å²) < 4.78 is 5.94. The molecule has 2 aromatic rings. The number of benzene rings is 1. The van der Waals surface area contributed by atoms with Crippen molar-refractivity contribution in [2.24, 2.45) is 0 Å². The average molecular weight is 334 g/mol. The third kappa shape index (κ3) is 3.27. The molecule has 1 aromatic carbocycles. The maximum atomic E-state index is 9.01. The summed E-state index contributed by atoms with van der Waals surface area (Å²) in [7, 11) is 0. The lowest BCUT2D eigenvalue weighted by Gasteiger charge is -2.18. The van der Waals surface area contributed by atoms with Crippen LogP contribution in [0.15, 0.2) is 36.4 Å². The Bertz CT molecular complexity index is 730. The van der Waals surface area contributed by atoms with E-state index in [9.17, 15) is 0 Å². The minimum Gasteiger partial charge on any atom is -0.488 e. The standard InChI is InChI=1S/C16H13Cl2N3O/c17-11-2-1-3-12(8-11)22-13-6-7-21(10-13)16-5-4-14(18)15(9-19)20-16/h1-5,8,13H,6-7,10H2. The molecule has 1 aliphatic rings. The quantitative estimate of drug-likeness (QED) is 0.854. The van der Waals surface area contributed by atoms with E-state index in [0.717, 1.165) is 24.5 Å². The van der Waals surface area contributed by atoms with Crippen LogP contribution in [0.2, 0.25) is 10.0 Å². The average Bonchev–Trinajstić information content (AvgIpc) is 2.96. The maximum absolute atomic E-state index is 9.01. The molecule has 1 unspecified atom stereocenters. The first-order valence-corrected chi connectivity index (χ1v) is 7.65. The van der Waals surface area contributed by atoms with Crippen LogP contribution >= 0.6 is 23.2 Å². The van der Waals surface area contributed by atoms with Crippen molar-refractivity contribution in [3.05, 3.63) is 52.1 Å². The summed E-state index contributed by atoms with van der Waals surface area (Å²) in [6.45, 7) is 1.54. The molecular weight excluding hydrogens is 321 g/mol. The van der Waals surface area contributed by atoms with Gasteiger partial charge in [-0.05, 0) is 30.3 Å². The number of ether oxygens (including phenoxy) is 1. The third-order valence-electron chi connectivity index (χ3n) is 3.51. The van der Waals surface area contributed by atoms with Crippen LogP contribution in [0.25, 0.3) is 0 Å². The molecule has 1 aromatic heterocycles. The Morgan fingerprint density at radius 2 is 2.14 bits per heavy atom. The van der Waals surface area contributed by atoms with Gasteiger partial charge in [-0.15, -0.1) is 0 Å². The van der Waals surface area contributed by atoms with Gasteiger partial charge in [-0.3, -0.25) is 0 Å². The summed E-state index contributed by atoms with van der Waals surface area (Å²) in [5.74, 6) is 1.51. The van der Waals surface area contributed by atoms with Gasteiger partial charge in [0, 0.05) is 18.0 Å². The number of hydrogen-bond donors (Lipinski definition) is 0. The zero-order valence-electron chi connectivity index (χ0n) is 11.7. The largest absolute Gasteiger partial charge is 0.488 e. The lowest BCUT2D eigenvalue weighted by molar-refractivity contribution is 0.225. The molecule has 1 aliphatic heterocycles. The van der Waals surface area contributed by atoms with E-state index >= 15 is 0 Å². The molecule has 1 atom stereocenters. The van der Waals surface area contributed by atoms with Crippen LogP contribution < -0.4 is 9.64 Å².